The first-order valence-corrected chi connectivity index (χ1v) is 7.57. The second-order valence-corrected chi connectivity index (χ2v) is 5.76. The zero-order valence-electron chi connectivity index (χ0n) is 11.1. The molecular weight excluding hydrogens is 274 g/mol. The van der Waals surface area contributed by atoms with Crippen molar-refractivity contribution in [2.75, 3.05) is 6.26 Å². The number of aromatic hydroxyl groups is 1. The van der Waals surface area contributed by atoms with Crippen molar-refractivity contribution in [1.29, 1.82) is 0 Å². The Balaban J connectivity index is 1.75. The van der Waals surface area contributed by atoms with Gasteiger partial charge in [0.2, 0.25) is 5.43 Å². The maximum absolute atomic E-state index is 11.4. The molecule has 0 bridgehead atoms. The predicted octanol–water partition coefficient (Wildman–Crippen LogP) is 2.58. The summed E-state index contributed by atoms with van der Waals surface area (Å²) in [7, 11) is 0. The highest BCUT2D eigenvalue weighted by Gasteiger charge is 2.20. The maximum atomic E-state index is 11.4. The van der Waals surface area contributed by atoms with Crippen LogP contribution < -0.4 is 5.43 Å². The first-order valence-electron chi connectivity index (χ1n) is 6.34. The van der Waals surface area contributed by atoms with E-state index in [0.717, 1.165) is 19.4 Å². The van der Waals surface area contributed by atoms with E-state index in [1.165, 1.54) is 22.1 Å². The fourth-order valence-corrected chi connectivity index (χ4v) is 2.89. The lowest BCUT2D eigenvalue weighted by Gasteiger charge is -2.13. The van der Waals surface area contributed by atoms with Crippen molar-refractivity contribution >= 4 is 11.8 Å². The monoisotopic (exact) mass is 289 g/mol. The minimum atomic E-state index is -0.396. The fourth-order valence-electron chi connectivity index (χ4n) is 2.43. The van der Waals surface area contributed by atoms with Crippen LogP contribution in [0.2, 0.25) is 0 Å². The van der Waals surface area contributed by atoms with Gasteiger partial charge in [-0.25, -0.2) is 0 Å². The van der Waals surface area contributed by atoms with Gasteiger partial charge in [0, 0.05) is 24.1 Å². The van der Waals surface area contributed by atoms with Gasteiger partial charge in [0.05, 0.1) is 6.54 Å². The van der Waals surface area contributed by atoms with E-state index in [1.807, 2.05) is 0 Å². The van der Waals surface area contributed by atoms with E-state index in [-0.39, 0.29) is 5.75 Å². The lowest BCUT2D eigenvalue weighted by molar-refractivity contribution is 0.246. The molecule has 0 fully saturated rings. The number of nitrogens with zero attached hydrogens (tertiary/aromatic N) is 1. The lowest BCUT2D eigenvalue weighted by Crippen LogP contribution is -2.16. The zero-order chi connectivity index (χ0) is 14.1. The van der Waals surface area contributed by atoms with Gasteiger partial charge in [-0.3, -0.25) is 9.69 Å². The van der Waals surface area contributed by atoms with Crippen molar-refractivity contribution < 1.29 is 9.52 Å². The summed E-state index contributed by atoms with van der Waals surface area (Å²) in [5, 5.41) is 9.18. The largest absolute Gasteiger partial charge is 0.502 e. The van der Waals surface area contributed by atoms with E-state index in [4.69, 9.17) is 4.42 Å². The topological polar surface area (TPSA) is 53.7 Å². The smallest absolute Gasteiger partial charge is 0.226 e. The number of hydrogen-bond donors (Lipinski definition) is 1. The van der Waals surface area contributed by atoms with Crippen LogP contribution in [-0.2, 0) is 19.6 Å². The highest BCUT2D eigenvalue weighted by atomic mass is 32.2. The summed E-state index contributed by atoms with van der Waals surface area (Å²) in [6, 6.07) is 7.86. The molecule has 0 amide bonds. The molecule has 0 atom stereocenters. The van der Waals surface area contributed by atoms with E-state index < -0.39 is 5.43 Å². The Bertz CT molecular complexity index is 696. The molecule has 1 aliphatic heterocycles. The van der Waals surface area contributed by atoms with Gasteiger partial charge in [-0.05, 0) is 29.5 Å². The Labute approximate surface area is 121 Å². The Morgan fingerprint density at radius 1 is 1.30 bits per heavy atom. The summed E-state index contributed by atoms with van der Waals surface area (Å²) in [6.07, 6.45) is 3.17. The van der Waals surface area contributed by atoms with Gasteiger partial charge in [-0.1, -0.05) is 6.07 Å². The second-order valence-electron chi connectivity index (χ2n) is 4.88. The minimum Gasteiger partial charge on any atom is -0.502 e. The van der Waals surface area contributed by atoms with Crippen LogP contribution in [0.25, 0.3) is 0 Å². The molecule has 1 aromatic carbocycles. The molecule has 5 heteroatoms. The van der Waals surface area contributed by atoms with Gasteiger partial charge in [0.25, 0.3) is 0 Å². The van der Waals surface area contributed by atoms with Crippen LogP contribution in [-0.4, -0.2) is 16.3 Å². The molecule has 1 aliphatic rings. The summed E-state index contributed by atoms with van der Waals surface area (Å²) in [5.74, 6) is 0.230. The van der Waals surface area contributed by atoms with Gasteiger partial charge in [-0.15, -0.1) is 11.8 Å². The standard InChI is InChI=1S/C15H15NO3S/c1-20-13-3-2-10-6-16(7-11(10)4-13)8-12-5-14(17)15(18)9-19-12/h2-5,9,18H,6-8H2,1H3. The van der Waals surface area contributed by atoms with Crippen LogP contribution in [0.5, 0.6) is 5.75 Å². The molecular formula is C15H15NO3S. The highest BCUT2D eigenvalue weighted by molar-refractivity contribution is 7.98. The van der Waals surface area contributed by atoms with Gasteiger partial charge >= 0.3 is 0 Å². The normalized spacial score (nSPS) is 14.4. The second kappa shape index (κ2) is 5.34. The number of hydrogen-bond acceptors (Lipinski definition) is 5. The quantitative estimate of drug-likeness (QED) is 0.880. The van der Waals surface area contributed by atoms with Crippen LogP contribution in [0.15, 0.2) is 44.6 Å². The SMILES string of the molecule is CSc1ccc2c(c1)CN(Cc1cc(=O)c(O)co1)C2. The van der Waals surface area contributed by atoms with Crippen molar-refractivity contribution in [3.63, 3.8) is 0 Å². The Kier molecular flexibility index (Phi) is 3.54. The fraction of sp³-hybridized carbons (Fsp3) is 0.267. The first-order chi connectivity index (χ1) is 9.65. The van der Waals surface area contributed by atoms with Crippen LogP contribution in [0.3, 0.4) is 0 Å². The lowest BCUT2D eigenvalue weighted by atomic mass is 10.1. The third kappa shape index (κ3) is 2.59. The molecule has 1 N–H and O–H groups in total. The molecule has 3 rings (SSSR count). The summed E-state index contributed by atoms with van der Waals surface area (Å²) >= 11 is 1.74. The first kappa shape index (κ1) is 13.3. The average Bonchev–Trinajstić information content (AvgIpc) is 2.84. The van der Waals surface area contributed by atoms with E-state index in [9.17, 15) is 9.90 Å². The molecule has 1 aromatic heterocycles. The zero-order valence-corrected chi connectivity index (χ0v) is 11.9. The number of benzene rings is 1. The maximum Gasteiger partial charge on any atom is 0.226 e. The van der Waals surface area contributed by atoms with Crippen molar-refractivity contribution in [2.24, 2.45) is 0 Å². The Morgan fingerprint density at radius 3 is 2.85 bits per heavy atom. The third-order valence-corrected chi connectivity index (χ3v) is 4.17. The van der Waals surface area contributed by atoms with Crippen LogP contribution >= 0.6 is 11.8 Å². The number of thioether (sulfide) groups is 1. The Hall–Kier alpha value is -1.72. The van der Waals surface area contributed by atoms with E-state index >= 15 is 0 Å². The van der Waals surface area contributed by atoms with E-state index in [0.29, 0.717) is 12.3 Å². The highest BCUT2D eigenvalue weighted by Crippen LogP contribution is 2.28. The van der Waals surface area contributed by atoms with Crippen molar-refractivity contribution in [3.8, 4) is 5.75 Å². The number of fused-ring (bicyclic) bond motifs is 1. The Morgan fingerprint density at radius 2 is 2.10 bits per heavy atom. The molecule has 0 aliphatic carbocycles. The summed E-state index contributed by atoms with van der Waals surface area (Å²) < 4.78 is 5.25. The van der Waals surface area contributed by atoms with Crippen LogP contribution in [0.1, 0.15) is 16.9 Å². The van der Waals surface area contributed by atoms with Gasteiger partial charge < -0.3 is 9.52 Å². The van der Waals surface area contributed by atoms with Crippen LogP contribution in [0.4, 0.5) is 0 Å². The molecule has 2 heterocycles. The van der Waals surface area contributed by atoms with Crippen molar-refractivity contribution in [2.45, 2.75) is 24.5 Å². The molecule has 0 unspecified atom stereocenters. The molecule has 104 valence electrons. The molecule has 0 radical (unpaired) electrons. The van der Waals surface area contributed by atoms with Gasteiger partial charge in [0.15, 0.2) is 5.75 Å². The van der Waals surface area contributed by atoms with E-state index in [1.54, 1.807) is 11.8 Å². The number of rotatable bonds is 3. The predicted molar refractivity (Wildman–Crippen MR) is 77.8 cm³/mol. The van der Waals surface area contributed by atoms with Crippen molar-refractivity contribution in [3.05, 3.63) is 57.6 Å². The summed E-state index contributed by atoms with van der Waals surface area (Å²) in [4.78, 5) is 14.9. The van der Waals surface area contributed by atoms with Crippen molar-refractivity contribution in [1.82, 2.24) is 4.90 Å². The minimum absolute atomic E-state index is 0.344. The van der Waals surface area contributed by atoms with E-state index in [2.05, 4.69) is 29.4 Å². The van der Waals surface area contributed by atoms with Gasteiger partial charge in [0.1, 0.15) is 12.0 Å². The third-order valence-electron chi connectivity index (χ3n) is 3.45. The van der Waals surface area contributed by atoms with Gasteiger partial charge in [-0.2, -0.15) is 0 Å². The summed E-state index contributed by atoms with van der Waals surface area (Å²) in [5.41, 5.74) is 2.26. The average molecular weight is 289 g/mol. The molecule has 0 spiro atoms. The molecule has 4 nitrogen and oxygen atoms in total. The molecule has 20 heavy (non-hydrogen) atoms. The molecule has 2 aromatic rings. The van der Waals surface area contributed by atoms with Crippen LogP contribution in [0, 0.1) is 0 Å². The summed E-state index contributed by atoms with van der Waals surface area (Å²) in [6.45, 7) is 2.28. The molecule has 0 saturated heterocycles. The molecule has 0 saturated carbocycles.